The Morgan fingerprint density at radius 1 is 1.30 bits per heavy atom. The maximum atomic E-state index is 11.8. The van der Waals surface area contributed by atoms with E-state index in [1.807, 2.05) is 24.3 Å². The van der Waals surface area contributed by atoms with Gasteiger partial charge in [-0.1, -0.05) is 12.1 Å². The van der Waals surface area contributed by atoms with E-state index in [0.717, 1.165) is 12.8 Å². The maximum Gasteiger partial charge on any atom is 0.325 e. The lowest BCUT2D eigenvalue weighted by atomic mass is 9.81. The summed E-state index contributed by atoms with van der Waals surface area (Å²) in [7, 11) is 2.96. The first-order valence-corrected chi connectivity index (χ1v) is 6.76. The first-order valence-electron chi connectivity index (χ1n) is 6.76. The molecular formula is C15H21NO4. The van der Waals surface area contributed by atoms with Gasteiger partial charge in [0.05, 0.1) is 14.2 Å². The highest BCUT2D eigenvalue weighted by Crippen LogP contribution is 2.33. The number of rotatable bonds is 4. The van der Waals surface area contributed by atoms with Crippen LogP contribution in [0.3, 0.4) is 0 Å². The van der Waals surface area contributed by atoms with Gasteiger partial charge in [0.25, 0.3) is 0 Å². The molecule has 5 nitrogen and oxygen atoms in total. The molecule has 2 N–H and O–H groups in total. The van der Waals surface area contributed by atoms with Crippen molar-refractivity contribution in [2.24, 2.45) is 5.73 Å². The zero-order chi connectivity index (χ0) is 14.6. The zero-order valence-corrected chi connectivity index (χ0v) is 11.9. The van der Waals surface area contributed by atoms with Crippen LogP contribution in [0.1, 0.15) is 25.7 Å². The van der Waals surface area contributed by atoms with Gasteiger partial charge in [0.1, 0.15) is 11.6 Å². The predicted octanol–water partition coefficient (Wildman–Crippen LogP) is 1.89. The van der Waals surface area contributed by atoms with Crippen molar-refractivity contribution in [1.82, 2.24) is 0 Å². The minimum absolute atomic E-state index is 0.107. The van der Waals surface area contributed by atoms with E-state index in [9.17, 15) is 4.79 Å². The Balaban J connectivity index is 2.08. The van der Waals surface area contributed by atoms with Crippen LogP contribution in [0.15, 0.2) is 24.3 Å². The summed E-state index contributed by atoms with van der Waals surface area (Å²) in [5.41, 5.74) is 5.20. The normalized spacial score (nSPS) is 25.9. The number of para-hydroxylation sites is 2. The zero-order valence-electron chi connectivity index (χ0n) is 11.9. The molecule has 0 radical (unpaired) electrons. The summed E-state index contributed by atoms with van der Waals surface area (Å²) in [5.74, 6) is 0.985. The van der Waals surface area contributed by atoms with Crippen LogP contribution in [0.2, 0.25) is 0 Å². The maximum absolute atomic E-state index is 11.8. The fraction of sp³-hybridized carbons (Fsp3) is 0.533. The molecule has 1 fully saturated rings. The van der Waals surface area contributed by atoms with Crippen LogP contribution >= 0.6 is 0 Å². The highest BCUT2D eigenvalue weighted by molar-refractivity contribution is 5.80. The van der Waals surface area contributed by atoms with Gasteiger partial charge in [-0.3, -0.25) is 4.79 Å². The molecule has 20 heavy (non-hydrogen) atoms. The summed E-state index contributed by atoms with van der Waals surface area (Å²) in [6.07, 6.45) is 2.69. The molecule has 0 bridgehead atoms. The molecule has 1 aromatic carbocycles. The van der Waals surface area contributed by atoms with E-state index in [2.05, 4.69) is 0 Å². The van der Waals surface area contributed by atoms with E-state index in [1.165, 1.54) is 7.11 Å². The lowest BCUT2D eigenvalue weighted by molar-refractivity contribution is -0.149. The van der Waals surface area contributed by atoms with Gasteiger partial charge in [-0.25, -0.2) is 0 Å². The van der Waals surface area contributed by atoms with Crippen molar-refractivity contribution in [1.29, 1.82) is 0 Å². The third kappa shape index (κ3) is 3.04. The van der Waals surface area contributed by atoms with Crippen LogP contribution in [0, 0.1) is 0 Å². The monoisotopic (exact) mass is 279 g/mol. The van der Waals surface area contributed by atoms with E-state index in [1.54, 1.807) is 7.11 Å². The first kappa shape index (κ1) is 14.7. The molecule has 2 rings (SSSR count). The topological polar surface area (TPSA) is 70.8 Å². The van der Waals surface area contributed by atoms with Crippen molar-refractivity contribution in [3.8, 4) is 11.5 Å². The van der Waals surface area contributed by atoms with Crippen molar-refractivity contribution in [3.05, 3.63) is 24.3 Å². The van der Waals surface area contributed by atoms with Gasteiger partial charge >= 0.3 is 5.97 Å². The van der Waals surface area contributed by atoms with Crippen molar-refractivity contribution in [2.75, 3.05) is 14.2 Å². The fourth-order valence-electron chi connectivity index (χ4n) is 2.64. The molecule has 0 heterocycles. The van der Waals surface area contributed by atoms with Gasteiger partial charge in [0.15, 0.2) is 11.5 Å². The smallest absolute Gasteiger partial charge is 0.325 e. The lowest BCUT2D eigenvalue weighted by Crippen LogP contribution is -2.54. The van der Waals surface area contributed by atoms with E-state index < -0.39 is 5.54 Å². The molecule has 0 saturated heterocycles. The number of esters is 1. The van der Waals surface area contributed by atoms with Crippen LogP contribution < -0.4 is 15.2 Å². The molecular weight excluding hydrogens is 258 g/mol. The van der Waals surface area contributed by atoms with E-state index in [0.29, 0.717) is 24.3 Å². The van der Waals surface area contributed by atoms with Gasteiger partial charge in [0, 0.05) is 6.42 Å². The van der Waals surface area contributed by atoms with Crippen molar-refractivity contribution < 1.29 is 19.0 Å². The number of benzene rings is 1. The van der Waals surface area contributed by atoms with Crippen molar-refractivity contribution in [3.63, 3.8) is 0 Å². The molecule has 1 aliphatic rings. The summed E-state index contributed by atoms with van der Waals surface area (Å²) in [5, 5.41) is 0. The number of hydrogen-bond donors (Lipinski definition) is 1. The second-order valence-corrected chi connectivity index (χ2v) is 5.13. The molecule has 0 aromatic heterocycles. The Morgan fingerprint density at radius 2 is 2.00 bits per heavy atom. The molecule has 110 valence electrons. The van der Waals surface area contributed by atoms with E-state index >= 15 is 0 Å². The number of hydrogen-bond acceptors (Lipinski definition) is 5. The van der Waals surface area contributed by atoms with Gasteiger partial charge in [-0.05, 0) is 31.4 Å². The Bertz CT molecular complexity index is 477. The number of carbonyl (C=O) groups excluding carboxylic acids is 1. The molecule has 0 spiro atoms. The number of carbonyl (C=O) groups is 1. The molecule has 1 saturated carbocycles. The van der Waals surface area contributed by atoms with Crippen LogP contribution in [0.25, 0.3) is 0 Å². The van der Waals surface area contributed by atoms with Crippen molar-refractivity contribution >= 4 is 5.97 Å². The van der Waals surface area contributed by atoms with Gasteiger partial charge in [-0.2, -0.15) is 0 Å². The molecule has 5 heteroatoms. The standard InChI is InChI=1S/C15H21NO4/c1-18-12-7-3-4-8-13(12)20-11-6-5-9-15(16,10-11)14(17)19-2/h3-4,7-8,11H,5-6,9-10,16H2,1-2H3. The Hall–Kier alpha value is -1.75. The summed E-state index contributed by atoms with van der Waals surface area (Å²) in [4.78, 5) is 11.8. The highest BCUT2D eigenvalue weighted by atomic mass is 16.5. The summed E-state index contributed by atoms with van der Waals surface area (Å²) < 4.78 is 16.0. The second-order valence-electron chi connectivity index (χ2n) is 5.13. The van der Waals surface area contributed by atoms with Crippen molar-refractivity contribution in [2.45, 2.75) is 37.3 Å². The minimum Gasteiger partial charge on any atom is -0.493 e. The number of ether oxygens (including phenoxy) is 3. The Morgan fingerprint density at radius 3 is 2.65 bits per heavy atom. The lowest BCUT2D eigenvalue weighted by Gasteiger charge is -2.35. The van der Waals surface area contributed by atoms with Crippen LogP contribution in [-0.4, -0.2) is 31.8 Å². The molecule has 2 atom stereocenters. The molecule has 0 aliphatic heterocycles. The van der Waals surface area contributed by atoms with E-state index in [-0.39, 0.29) is 12.1 Å². The predicted molar refractivity (Wildman–Crippen MR) is 74.8 cm³/mol. The summed E-state index contributed by atoms with van der Waals surface area (Å²) in [6.45, 7) is 0. The van der Waals surface area contributed by atoms with Gasteiger partial charge in [0.2, 0.25) is 0 Å². The van der Waals surface area contributed by atoms with Crippen LogP contribution in [0.5, 0.6) is 11.5 Å². The largest absolute Gasteiger partial charge is 0.493 e. The molecule has 2 unspecified atom stereocenters. The Labute approximate surface area is 119 Å². The third-order valence-corrected chi connectivity index (χ3v) is 3.70. The summed E-state index contributed by atoms with van der Waals surface area (Å²) >= 11 is 0. The SMILES string of the molecule is COC(=O)C1(N)CCCC(Oc2ccccc2OC)C1. The number of nitrogens with two attached hydrogens (primary N) is 1. The molecule has 1 aliphatic carbocycles. The fourth-order valence-corrected chi connectivity index (χ4v) is 2.64. The number of methoxy groups -OCH3 is 2. The average molecular weight is 279 g/mol. The molecule has 1 aromatic rings. The van der Waals surface area contributed by atoms with Crippen LogP contribution in [0.4, 0.5) is 0 Å². The van der Waals surface area contributed by atoms with Crippen LogP contribution in [-0.2, 0) is 9.53 Å². The average Bonchev–Trinajstić information content (AvgIpc) is 2.47. The van der Waals surface area contributed by atoms with Gasteiger partial charge < -0.3 is 19.9 Å². The first-order chi connectivity index (χ1) is 9.59. The van der Waals surface area contributed by atoms with Gasteiger partial charge in [-0.15, -0.1) is 0 Å². The van der Waals surface area contributed by atoms with E-state index in [4.69, 9.17) is 19.9 Å². The quantitative estimate of drug-likeness (QED) is 0.852. The molecule has 0 amide bonds. The highest BCUT2D eigenvalue weighted by Gasteiger charge is 2.41. The summed E-state index contributed by atoms with van der Waals surface area (Å²) in [6, 6.07) is 7.46. The second kappa shape index (κ2) is 6.13. The minimum atomic E-state index is -0.945. The Kier molecular flexibility index (Phi) is 4.49. The third-order valence-electron chi connectivity index (χ3n) is 3.70.